The van der Waals surface area contributed by atoms with E-state index in [0.717, 1.165) is 12.8 Å². The molecule has 0 spiro atoms. The number of carbonyl (C=O) groups is 3. The van der Waals surface area contributed by atoms with E-state index in [2.05, 4.69) is 5.32 Å². The van der Waals surface area contributed by atoms with Crippen molar-refractivity contribution in [2.45, 2.75) is 12.8 Å². The fourth-order valence-electron chi connectivity index (χ4n) is 2.29. The minimum absolute atomic E-state index is 0.0144. The van der Waals surface area contributed by atoms with E-state index in [4.69, 9.17) is 9.47 Å². The number of amides is 1. The highest BCUT2D eigenvalue weighted by Gasteiger charge is 2.29. The molecule has 1 aliphatic rings. The van der Waals surface area contributed by atoms with Gasteiger partial charge >= 0.3 is 11.9 Å². The second kappa shape index (κ2) is 8.29. The molecule has 2 aromatic rings. The molecule has 0 saturated heterocycles. The fourth-order valence-corrected chi connectivity index (χ4v) is 2.29. The number of hydrogen-bond acceptors (Lipinski definition) is 5. The molecule has 0 heterocycles. The van der Waals surface area contributed by atoms with Crippen LogP contribution in [0.3, 0.4) is 0 Å². The summed E-state index contributed by atoms with van der Waals surface area (Å²) in [6.07, 6.45) is 1.87. The van der Waals surface area contributed by atoms with Gasteiger partial charge in [-0.2, -0.15) is 0 Å². The molecule has 0 unspecified atom stereocenters. The smallest absolute Gasteiger partial charge is 0.338 e. The third-order valence-corrected chi connectivity index (χ3v) is 3.90. The molecule has 0 aromatic heterocycles. The molecule has 0 bridgehead atoms. The average Bonchev–Trinajstić information content (AvgIpc) is 3.51. The van der Waals surface area contributed by atoms with Crippen LogP contribution in [0.25, 0.3) is 0 Å². The van der Waals surface area contributed by atoms with Gasteiger partial charge in [-0.05, 0) is 49.2 Å². The van der Waals surface area contributed by atoms with E-state index in [9.17, 15) is 14.4 Å². The maximum atomic E-state index is 12.0. The Bertz CT molecular complexity index is 782. The molecule has 26 heavy (non-hydrogen) atoms. The molecule has 134 valence electrons. The van der Waals surface area contributed by atoms with Crippen LogP contribution in [0.1, 0.15) is 33.6 Å². The van der Waals surface area contributed by atoms with Crippen LogP contribution in [0.2, 0.25) is 0 Å². The number of ether oxygens (including phenoxy) is 2. The highest BCUT2D eigenvalue weighted by atomic mass is 16.6. The predicted molar refractivity (Wildman–Crippen MR) is 94.8 cm³/mol. The van der Waals surface area contributed by atoms with Gasteiger partial charge in [0.05, 0.1) is 11.1 Å². The number of nitrogens with one attached hydrogen (secondary N) is 1. The summed E-state index contributed by atoms with van der Waals surface area (Å²) in [7, 11) is 0. The topological polar surface area (TPSA) is 81.7 Å². The van der Waals surface area contributed by atoms with Crippen molar-refractivity contribution in [3.05, 3.63) is 65.7 Å². The lowest BCUT2D eigenvalue weighted by Gasteiger charge is -2.08. The maximum absolute atomic E-state index is 12.0. The summed E-state index contributed by atoms with van der Waals surface area (Å²) in [5.41, 5.74) is 1.46. The molecule has 0 aliphatic heterocycles. The van der Waals surface area contributed by atoms with Gasteiger partial charge in [0.2, 0.25) is 5.91 Å². The van der Waals surface area contributed by atoms with Gasteiger partial charge in [0.15, 0.2) is 0 Å². The summed E-state index contributed by atoms with van der Waals surface area (Å²) >= 11 is 0. The molecule has 1 N–H and O–H groups in total. The number of hydrogen-bond donors (Lipinski definition) is 1. The Hall–Kier alpha value is -3.15. The van der Waals surface area contributed by atoms with Gasteiger partial charge in [-0.25, -0.2) is 9.59 Å². The van der Waals surface area contributed by atoms with Crippen LogP contribution in [0.4, 0.5) is 5.69 Å². The SMILES string of the molecule is O=C(OCCOC(=O)c1ccc(NC(=O)C2CC2)cc1)c1ccccc1. The van der Waals surface area contributed by atoms with Gasteiger partial charge < -0.3 is 14.8 Å². The van der Waals surface area contributed by atoms with Gasteiger partial charge in [0, 0.05) is 11.6 Å². The fraction of sp³-hybridized carbons (Fsp3) is 0.250. The minimum Gasteiger partial charge on any atom is -0.458 e. The zero-order chi connectivity index (χ0) is 18.4. The molecule has 0 atom stereocenters. The highest BCUT2D eigenvalue weighted by molar-refractivity contribution is 5.95. The van der Waals surface area contributed by atoms with E-state index in [1.807, 2.05) is 0 Å². The quantitative estimate of drug-likeness (QED) is 0.611. The van der Waals surface area contributed by atoms with Crippen molar-refractivity contribution in [3.8, 4) is 0 Å². The van der Waals surface area contributed by atoms with Crippen LogP contribution in [-0.4, -0.2) is 31.1 Å². The first-order valence-electron chi connectivity index (χ1n) is 8.44. The second-order valence-electron chi connectivity index (χ2n) is 5.98. The summed E-state index contributed by atoms with van der Waals surface area (Å²) in [4.78, 5) is 35.4. The van der Waals surface area contributed by atoms with E-state index >= 15 is 0 Å². The Kier molecular flexibility index (Phi) is 5.63. The van der Waals surface area contributed by atoms with Crippen LogP contribution < -0.4 is 5.32 Å². The zero-order valence-corrected chi connectivity index (χ0v) is 14.1. The highest BCUT2D eigenvalue weighted by Crippen LogP contribution is 2.30. The molecule has 1 amide bonds. The number of rotatable bonds is 7. The van der Waals surface area contributed by atoms with Crippen LogP contribution >= 0.6 is 0 Å². The molecular formula is C20H19NO5. The third-order valence-electron chi connectivity index (χ3n) is 3.90. The van der Waals surface area contributed by atoms with Gasteiger partial charge in [0.25, 0.3) is 0 Å². The Labute approximate surface area is 151 Å². The van der Waals surface area contributed by atoms with Gasteiger partial charge in [0.1, 0.15) is 13.2 Å². The largest absolute Gasteiger partial charge is 0.458 e. The summed E-state index contributed by atoms with van der Waals surface area (Å²) in [6.45, 7) is -0.0490. The van der Waals surface area contributed by atoms with E-state index in [-0.39, 0.29) is 25.0 Å². The molecule has 0 radical (unpaired) electrons. The molecule has 2 aromatic carbocycles. The van der Waals surface area contributed by atoms with Crippen LogP contribution in [0.15, 0.2) is 54.6 Å². The van der Waals surface area contributed by atoms with Crippen molar-refractivity contribution < 1.29 is 23.9 Å². The van der Waals surface area contributed by atoms with Crippen molar-refractivity contribution >= 4 is 23.5 Å². The van der Waals surface area contributed by atoms with Crippen molar-refractivity contribution in [2.75, 3.05) is 18.5 Å². The molecule has 1 aliphatic carbocycles. The van der Waals surface area contributed by atoms with E-state index < -0.39 is 11.9 Å². The van der Waals surface area contributed by atoms with Crippen molar-refractivity contribution in [1.82, 2.24) is 0 Å². The molecule has 6 heteroatoms. The van der Waals surface area contributed by atoms with Crippen molar-refractivity contribution in [1.29, 1.82) is 0 Å². The summed E-state index contributed by atoms with van der Waals surface area (Å²) in [5, 5.41) is 2.80. The van der Waals surface area contributed by atoms with E-state index in [0.29, 0.717) is 16.8 Å². The normalized spacial score (nSPS) is 12.9. The Morgan fingerprint density at radius 1 is 0.808 bits per heavy atom. The average molecular weight is 353 g/mol. The number of esters is 2. The van der Waals surface area contributed by atoms with Gasteiger partial charge in [-0.1, -0.05) is 18.2 Å². The first kappa shape index (κ1) is 17.7. The zero-order valence-electron chi connectivity index (χ0n) is 14.1. The van der Waals surface area contributed by atoms with Crippen LogP contribution in [0.5, 0.6) is 0 Å². The van der Waals surface area contributed by atoms with Gasteiger partial charge in [-0.15, -0.1) is 0 Å². The summed E-state index contributed by atoms with van der Waals surface area (Å²) < 4.78 is 10.1. The van der Waals surface area contributed by atoms with Crippen LogP contribution in [-0.2, 0) is 14.3 Å². The first-order chi connectivity index (χ1) is 12.6. The predicted octanol–water partition coefficient (Wildman–Crippen LogP) is 3.05. The Morgan fingerprint density at radius 2 is 1.35 bits per heavy atom. The monoisotopic (exact) mass is 353 g/mol. The maximum Gasteiger partial charge on any atom is 0.338 e. The third kappa shape index (κ3) is 4.92. The molecule has 6 nitrogen and oxygen atoms in total. The number of benzene rings is 2. The van der Waals surface area contributed by atoms with E-state index in [1.165, 1.54) is 0 Å². The Morgan fingerprint density at radius 3 is 1.88 bits per heavy atom. The van der Waals surface area contributed by atoms with E-state index in [1.54, 1.807) is 54.6 Å². The Balaban J connectivity index is 1.40. The lowest BCUT2D eigenvalue weighted by atomic mass is 10.2. The molecular weight excluding hydrogens is 334 g/mol. The number of carbonyl (C=O) groups excluding carboxylic acids is 3. The van der Waals surface area contributed by atoms with Crippen molar-refractivity contribution in [2.24, 2.45) is 5.92 Å². The lowest BCUT2D eigenvalue weighted by molar-refractivity contribution is -0.117. The molecule has 1 fully saturated rings. The summed E-state index contributed by atoms with van der Waals surface area (Å²) in [6, 6.07) is 15.1. The van der Waals surface area contributed by atoms with Crippen LogP contribution in [0, 0.1) is 5.92 Å². The standard InChI is InChI=1S/C20H19NO5/c22-18(14-6-7-14)21-17-10-8-16(9-11-17)20(24)26-13-12-25-19(23)15-4-2-1-3-5-15/h1-5,8-11,14H,6-7,12-13H2,(H,21,22). The van der Waals surface area contributed by atoms with Gasteiger partial charge in [-0.3, -0.25) is 4.79 Å². The molecule has 3 rings (SSSR count). The summed E-state index contributed by atoms with van der Waals surface area (Å²) in [5.74, 6) is -0.836. The first-order valence-corrected chi connectivity index (χ1v) is 8.44. The lowest BCUT2D eigenvalue weighted by Crippen LogP contribution is -2.15. The minimum atomic E-state index is -0.513. The molecule has 1 saturated carbocycles. The number of anilines is 1. The van der Waals surface area contributed by atoms with Crippen molar-refractivity contribution in [3.63, 3.8) is 0 Å². The second-order valence-corrected chi connectivity index (χ2v) is 5.98.